The largest absolute Gasteiger partial charge is 0.384 e. The number of likely N-dealkylation sites (tertiary alicyclic amines) is 1. The van der Waals surface area contributed by atoms with E-state index >= 15 is 0 Å². The zero-order valence-corrected chi connectivity index (χ0v) is 10.2. The molecule has 1 saturated carbocycles. The molecule has 1 heterocycles. The molecule has 0 aromatic carbocycles. The van der Waals surface area contributed by atoms with Crippen LogP contribution in [-0.4, -0.2) is 37.7 Å². The van der Waals surface area contributed by atoms with Crippen LogP contribution in [0.3, 0.4) is 0 Å². The van der Waals surface area contributed by atoms with Crippen molar-refractivity contribution < 1.29 is 4.74 Å². The Morgan fingerprint density at radius 2 is 2.00 bits per heavy atom. The third kappa shape index (κ3) is 2.56. The van der Waals surface area contributed by atoms with E-state index in [1.807, 2.05) is 0 Å². The molecule has 2 fully saturated rings. The lowest BCUT2D eigenvalue weighted by molar-refractivity contribution is 0.0746. The molecule has 0 N–H and O–H groups in total. The first-order valence-corrected chi connectivity index (χ1v) is 6.47. The molecular formula is C13H22N2O. The predicted octanol–water partition coefficient (Wildman–Crippen LogP) is 2.04. The lowest BCUT2D eigenvalue weighted by atomic mass is 9.94. The van der Waals surface area contributed by atoms with Crippen LogP contribution in [0.25, 0.3) is 0 Å². The fraction of sp³-hybridized carbons (Fsp3) is 0.923. The molecule has 0 spiro atoms. The van der Waals surface area contributed by atoms with Gasteiger partial charge in [0, 0.05) is 19.8 Å². The van der Waals surface area contributed by atoms with Crippen molar-refractivity contribution in [1.29, 1.82) is 5.26 Å². The Morgan fingerprint density at radius 1 is 1.25 bits per heavy atom. The van der Waals surface area contributed by atoms with Crippen molar-refractivity contribution in [3.63, 3.8) is 0 Å². The highest BCUT2D eigenvalue weighted by molar-refractivity contribution is 4.98. The van der Waals surface area contributed by atoms with E-state index in [0.29, 0.717) is 12.0 Å². The average molecular weight is 222 g/mol. The smallest absolute Gasteiger partial charge is 0.0672 e. The van der Waals surface area contributed by atoms with E-state index in [1.54, 1.807) is 7.11 Å². The third-order valence-electron chi connectivity index (χ3n) is 4.17. The van der Waals surface area contributed by atoms with Gasteiger partial charge in [-0.1, -0.05) is 6.42 Å². The van der Waals surface area contributed by atoms with Gasteiger partial charge in [0.2, 0.25) is 0 Å². The molecule has 3 nitrogen and oxygen atoms in total. The molecule has 0 aromatic rings. The lowest BCUT2D eigenvalue weighted by Crippen LogP contribution is -2.43. The number of ether oxygens (including phenoxy) is 1. The summed E-state index contributed by atoms with van der Waals surface area (Å²) >= 11 is 0. The number of piperidine rings is 1. The van der Waals surface area contributed by atoms with Crippen LogP contribution in [0.4, 0.5) is 0 Å². The van der Waals surface area contributed by atoms with Crippen LogP contribution in [0.15, 0.2) is 0 Å². The van der Waals surface area contributed by atoms with E-state index in [4.69, 9.17) is 10.00 Å². The minimum atomic E-state index is 0.291. The summed E-state index contributed by atoms with van der Waals surface area (Å²) in [5.41, 5.74) is 0. The highest BCUT2D eigenvalue weighted by Gasteiger charge is 2.33. The Kier molecular flexibility index (Phi) is 4.20. The Morgan fingerprint density at radius 3 is 2.62 bits per heavy atom. The molecule has 0 amide bonds. The fourth-order valence-electron chi connectivity index (χ4n) is 3.22. The molecule has 0 radical (unpaired) electrons. The van der Waals surface area contributed by atoms with Crippen molar-refractivity contribution in [3.8, 4) is 6.07 Å². The van der Waals surface area contributed by atoms with Crippen molar-refractivity contribution in [3.05, 3.63) is 0 Å². The molecule has 2 rings (SSSR count). The van der Waals surface area contributed by atoms with Gasteiger partial charge in [0.15, 0.2) is 0 Å². The van der Waals surface area contributed by atoms with Crippen LogP contribution in [0, 0.1) is 23.2 Å². The van der Waals surface area contributed by atoms with E-state index in [9.17, 15) is 0 Å². The molecule has 1 aliphatic carbocycles. The summed E-state index contributed by atoms with van der Waals surface area (Å²) in [6.07, 6.45) is 6.05. The number of hydrogen-bond donors (Lipinski definition) is 0. The van der Waals surface area contributed by atoms with Gasteiger partial charge in [-0.15, -0.1) is 0 Å². The van der Waals surface area contributed by atoms with Gasteiger partial charge in [-0.3, -0.25) is 4.90 Å². The van der Waals surface area contributed by atoms with E-state index in [2.05, 4.69) is 11.0 Å². The minimum Gasteiger partial charge on any atom is -0.384 e. The molecule has 2 unspecified atom stereocenters. The van der Waals surface area contributed by atoms with Crippen LogP contribution in [0.2, 0.25) is 0 Å². The maximum absolute atomic E-state index is 9.11. The third-order valence-corrected chi connectivity index (χ3v) is 4.17. The first-order valence-electron chi connectivity index (χ1n) is 6.47. The number of nitrogens with zero attached hydrogens (tertiary/aromatic N) is 2. The summed E-state index contributed by atoms with van der Waals surface area (Å²) in [5, 5.41) is 9.11. The first kappa shape index (κ1) is 11.9. The molecule has 90 valence electrons. The first-order chi connectivity index (χ1) is 7.85. The van der Waals surface area contributed by atoms with E-state index in [1.165, 1.54) is 25.7 Å². The molecule has 2 atom stereocenters. The zero-order chi connectivity index (χ0) is 11.4. The van der Waals surface area contributed by atoms with Crippen molar-refractivity contribution in [2.24, 2.45) is 11.8 Å². The Balaban J connectivity index is 1.82. The standard InChI is InChI=1S/C13H22N2O/c1-16-10-11-5-7-15(8-6-11)13-4-2-3-12(13)9-14/h11-13H,2-8,10H2,1H3. The highest BCUT2D eigenvalue weighted by Crippen LogP contribution is 2.32. The van der Waals surface area contributed by atoms with Gasteiger partial charge < -0.3 is 4.74 Å². The summed E-state index contributed by atoms with van der Waals surface area (Å²) in [4.78, 5) is 2.55. The minimum absolute atomic E-state index is 0.291. The van der Waals surface area contributed by atoms with Crippen molar-refractivity contribution in [1.82, 2.24) is 4.90 Å². The summed E-state index contributed by atoms with van der Waals surface area (Å²) in [6.45, 7) is 3.23. The summed E-state index contributed by atoms with van der Waals surface area (Å²) < 4.78 is 5.21. The van der Waals surface area contributed by atoms with Crippen LogP contribution in [-0.2, 0) is 4.74 Å². The summed E-state index contributed by atoms with van der Waals surface area (Å²) in [5.74, 6) is 1.03. The molecule has 1 saturated heterocycles. The van der Waals surface area contributed by atoms with Gasteiger partial charge >= 0.3 is 0 Å². The molecular weight excluding hydrogens is 200 g/mol. The van der Waals surface area contributed by atoms with Gasteiger partial charge in [0.25, 0.3) is 0 Å². The molecule has 3 heteroatoms. The molecule has 16 heavy (non-hydrogen) atoms. The quantitative estimate of drug-likeness (QED) is 0.733. The van der Waals surface area contributed by atoms with Crippen LogP contribution < -0.4 is 0 Å². The molecule has 1 aliphatic heterocycles. The second kappa shape index (κ2) is 5.65. The SMILES string of the molecule is COCC1CCN(C2CCCC2C#N)CC1. The van der Waals surface area contributed by atoms with E-state index in [-0.39, 0.29) is 0 Å². The summed E-state index contributed by atoms with van der Waals surface area (Å²) in [6, 6.07) is 3.03. The Hall–Kier alpha value is -0.590. The number of rotatable bonds is 3. The topological polar surface area (TPSA) is 36.3 Å². The number of methoxy groups -OCH3 is 1. The summed E-state index contributed by atoms with van der Waals surface area (Å²) in [7, 11) is 1.79. The van der Waals surface area contributed by atoms with Gasteiger partial charge in [-0.2, -0.15) is 5.26 Å². The van der Waals surface area contributed by atoms with Crippen LogP contribution >= 0.6 is 0 Å². The van der Waals surface area contributed by atoms with Crippen molar-refractivity contribution >= 4 is 0 Å². The van der Waals surface area contributed by atoms with Gasteiger partial charge in [-0.25, -0.2) is 0 Å². The van der Waals surface area contributed by atoms with Gasteiger partial charge in [0.05, 0.1) is 12.0 Å². The molecule has 0 bridgehead atoms. The fourth-order valence-corrected chi connectivity index (χ4v) is 3.22. The highest BCUT2D eigenvalue weighted by atomic mass is 16.5. The Labute approximate surface area is 98.4 Å². The number of hydrogen-bond acceptors (Lipinski definition) is 3. The average Bonchev–Trinajstić information content (AvgIpc) is 2.78. The van der Waals surface area contributed by atoms with Crippen molar-refractivity contribution in [2.45, 2.75) is 38.1 Å². The van der Waals surface area contributed by atoms with Crippen LogP contribution in [0.1, 0.15) is 32.1 Å². The second-order valence-electron chi connectivity index (χ2n) is 5.17. The van der Waals surface area contributed by atoms with Crippen LogP contribution in [0.5, 0.6) is 0 Å². The predicted molar refractivity (Wildman–Crippen MR) is 62.9 cm³/mol. The monoisotopic (exact) mass is 222 g/mol. The maximum Gasteiger partial charge on any atom is 0.0672 e. The zero-order valence-electron chi connectivity index (χ0n) is 10.2. The molecule has 0 aromatic heterocycles. The van der Waals surface area contributed by atoms with Gasteiger partial charge in [0.1, 0.15) is 0 Å². The van der Waals surface area contributed by atoms with E-state index in [0.717, 1.165) is 32.0 Å². The Bertz CT molecular complexity index is 253. The van der Waals surface area contributed by atoms with Gasteiger partial charge in [-0.05, 0) is 44.7 Å². The van der Waals surface area contributed by atoms with E-state index < -0.39 is 0 Å². The second-order valence-corrected chi connectivity index (χ2v) is 5.17. The lowest BCUT2D eigenvalue weighted by Gasteiger charge is -2.36. The number of nitriles is 1. The normalized spacial score (nSPS) is 32.8. The molecule has 2 aliphatic rings. The van der Waals surface area contributed by atoms with Crippen molar-refractivity contribution in [2.75, 3.05) is 26.8 Å². The maximum atomic E-state index is 9.11.